The van der Waals surface area contributed by atoms with Crippen LogP contribution in [0.15, 0.2) is 40.8 Å². The number of hydrogen-bond acceptors (Lipinski definition) is 4. The number of alkyl halides is 6. The summed E-state index contributed by atoms with van der Waals surface area (Å²) in [6.07, 6.45) is -12.1. The summed E-state index contributed by atoms with van der Waals surface area (Å²) in [7, 11) is 0. The quantitative estimate of drug-likeness (QED) is 0.657. The third kappa shape index (κ3) is 3.43. The molecule has 2 aromatic rings. The lowest BCUT2D eigenvalue weighted by Crippen LogP contribution is -2.58. The van der Waals surface area contributed by atoms with E-state index in [-0.39, 0.29) is 5.75 Å². The lowest BCUT2D eigenvalue weighted by Gasteiger charge is -2.35. The number of aryl methyl sites for hydroxylation is 1. The molecule has 0 fully saturated rings. The zero-order valence-corrected chi connectivity index (χ0v) is 13.5. The van der Waals surface area contributed by atoms with Gasteiger partial charge in [0.2, 0.25) is 5.41 Å². The molecule has 0 radical (unpaired) electrons. The Morgan fingerprint density at radius 1 is 0.889 bits per heavy atom. The van der Waals surface area contributed by atoms with Gasteiger partial charge in [0.15, 0.2) is 5.92 Å². The summed E-state index contributed by atoms with van der Waals surface area (Å²) >= 11 is 0. The SMILES string of the molecule is Cc1ccc(Oc2ccc(C(C(C#N)C#N)(C(F)(F)F)C(F)(F)F)o2)cc1. The Balaban J connectivity index is 2.58. The Morgan fingerprint density at radius 3 is 1.85 bits per heavy atom. The molecule has 1 aromatic heterocycles. The van der Waals surface area contributed by atoms with Gasteiger partial charge in [-0.25, -0.2) is 0 Å². The van der Waals surface area contributed by atoms with Gasteiger partial charge in [0.05, 0.1) is 12.1 Å². The molecular formula is C17H10F6N2O2. The molecule has 142 valence electrons. The largest absolute Gasteiger partial charge is 0.429 e. The van der Waals surface area contributed by atoms with Crippen LogP contribution in [0.5, 0.6) is 11.7 Å². The molecule has 0 spiro atoms. The van der Waals surface area contributed by atoms with Crippen LogP contribution in [0.4, 0.5) is 26.3 Å². The maximum absolute atomic E-state index is 13.5. The van der Waals surface area contributed by atoms with Crippen molar-refractivity contribution in [2.45, 2.75) is 24.7 Å². The van der Waals surface area contributed by atoms with Crippen molar-refractivity contribution in [2.75, 3.05) is 0 Å². The molecule has 10 heteroatoms. The van der Waals surface area contributed by atoms with Gasteiger partial charge in [0.25, 0.3) is 5.95 Å². The van der Waals surface area contributed by atoms with Crippen LogP contribution >= 0.6 is 0 Å². The molecule has 0 saturated heterocycles. The van der Waals surface area contributed by atoms with Crippen molar-refractivity contribution >= 4 is 0 Å². The zero-order chi connectivity index (χ0) is 20.5. The first-order valence-corrected chi connectivity index (χ1v) is 7.25. The number of ether oxygens (including phenoxy) is 1. The molecule has 0 N–H and O–H groups in total. The average Bonchev–Trinajstić information content (AvgIpc) is 3.00. The molecule has 1 heterocycles. The summed E-state index contributed by atoms with van der Waals surface area (Å²) in [6, 6.07) is 8.77. The van der Waals surface area contributed by atoms with E-state index in [0.717, 1.165) is 23.8 Å². The second kappa shape index (κ2) is 6.88. The first kappa shape index (κ1) is 20.2. The van der Waals surface area contributed by atoms with Crippen molar-refractivity contribution in [1.82, 2.24) is 0 Å². The van der Waals surface area contributed by atoms with Crippen LogP contribution in [0.1, 0.15) is 11.3 Å². The van der Waals surface area contributed by atoms with Crippen LogP contribution in [-0.2, 0) is 5.41 Å². The van der Waals surface area contributed by atoms with Gasteiger partial charge >= 0.3 is 12.4 Å². The van der Waals surface area contributed by atoms with Gasteiger partial charge in [-0.1, -0.05) is 17.7 Å². The number of halogens is 6. The fourth-order valence-electron chi connectivity index (χ4n) is 2.44. The molecule has 2 rings (SSSR count). The lowest BCUT2D eigenvalue weighted by molar-refractivity contribution is -0.314. The number of furan rings is 1. The Labute approximate surface area is 149 Å². The minimum atomic E-state index is -6.03. The van der Waals surface area contributed by atoms with E-state index >= 15 is 0 Å². The second-order valence-corrected chi connectivity index (χ2v) is 5.53. The van der Waals surface area contributed by atoms with Crippen molar-refractivity contribution in [3.63, 3.8) is 0 Å². The Kier molecular flexibility index (Phi) is 5.14. The van der Waals surface area contributed by atoms with Crippen molar-refractivity contribution in [3.05, 3.63) is 47.7 Å². The van der Waals surface area contributed by atoms with Crippen LogP contribution in [0, 0.1) is 35.5 Å². The molecule has 0 amide bonds. The maximum atomic E-state index is 13.5. The molecular weight excluding hydrogens is 378 g/mol. The van der Waals surface area contributed by atoms with Crippen LogP contribution < -0.4 is 4.74 Å². The van der Waals surface area contributed by atoms with Gasteiger partial charge in [0.1, 0.15) is 11.5 Å². The fourth-order valence-corrected chi connectivity index (χ4v) is 2.44. The number of nitrogens with zero attached hydrogens (tertiary/aromatic N) is 2. The molecule has 1 aromatic carbocycles. The van der Waals surface area contributed by atoms with Crippen LogP contribution in [-0.4, -0.2) is 12.4 Å². The topological polar surface area (TPSA) is 69.9 Å². The van der Waals surface area contributed by atoms with E-state index in [2.05, 4.69) is 4.42 Å². The summed E-state index contributed by atoms with van der Waals surface area (Å²) in [4.78, 5) is 0. The molecule has 0 unspecified atom stereocenters. The van der Waals surface area contributed by atoms with E-state index in [1.165, 1.54) is 12.1 Å². The smallest absolute Gasteiger partial charge is 0.412 e. The predicted molar refractivity (Wildman–Crippen MR) is 78.5 cm³/mol. The van der Waals surface area contributed by atoms with Crippen molar-refractivity contribution in [1.29, 1.82) is 10.5 Å². The molecule has 0 saturated carbocycles. The standard InChI is InChI=1S/C17H10F6N2O2/c1-10-2-4-12(5-3-10)26-14-7-6-13(27-14)15(16(18,19)20,17(21,22)23)11(8-24)9-25/h2-7,11H,1H3. The zero-order valence-electron chi connectivity index (χ0n) is 13.5. The number of hydrogen-bond donors (Lipinski definition) is 0. The van der Waals surface area contributed by atoms with E-state index in [9.17, 15) is 26.3 Å². The summed E-state index contributed by atoms with van der Waals surface area (Å²) in [5, 5.41) is 17.5. The molecule has 4 nitrogen and oxygen atoms in total. The highest BCUT2D eigenvalue weighted by Crippen LogP contribution is 2.57. The van der Waals surface area contributed by atoms with Gasteiger partial charge in [-0.3, -0.25) is 0 Å². The van der Waals surface area contributed by atoms with Crippen LogP contribution in [0.25, 0.3) is 0 Å². The molecule has 0 aliphatic rings. The van der Waals surface area contributed by atoms with E-state index in [1.807, 2.05) is 0 Å². The Morgan fingerprint density at radius 2 is 1.41 bits per heavy atom. The third-order valence-corrected chi connectivity index (χ3v) is 3.79. The van der Waals surface area contributed by atoms with Crippen molar-refractivity contribution in [3.8, 4) is 23.8 Å². The lowest BCUT2D eigenvalue weighted by atomic mass is 9.73. The van der Waals surface area contributed by atoms with Gasteiger partial charge in [0, 0.05) is 6.07 Å². The average molecular weight is 388 g/mol. The molecule has 0 bridgehead atoms. The Bertz CT molecular complexity index is 856. The maximum Gasteiger partial charge on any atom is 0.412 e. The molecule has 0 aliphatic heterocycles. The highest BCUT2D eigenvalue weighted by atomic mass is 19.4. The highest BCUT2D eigenvalue weighted by molar-refractivity contribution is 5.34. The van der Waals surface area contributed by atoms with Crippen molar-refractivity contribution in [2.24, 2.45) is 5.92 Å². The first-order valence-electron chi connectivity index (χ1n) is 7.25. The monoisotopic (exact) mass is 388 g/mol. The molecule has 27 heavy (non-hydrogen) atoms. The first-order chi connectivity index (χ1) is 12.5. The molecule has 0 aliphatic carbocycles. The van der Waals surface area contributed by atoms with Crippen LogP contribution in [0.3, 0.4) is 0 Å². The van der Waals surface area contributed by atoms with E-state index in [1.54, 1.807) is 19.1 Å². The minimum Gasteiger partial charge on any atom is -0.429 e. The summed E-state index contributed by atoms with van der Waals surface area (Å²) in [5.74, 6) is -5.31. The number of nitriles is 2. The number of benzene rings is 1. The van der Waals surface area contributed by atoms with Gasteiger partial charge in [-0.05, 0) is 25.1 Å². The summed E-state index contributed by atoms with van der Waals surface area (Å²) in [6.45, 7) is 1.76. The van der Waals surface area contributed by atoms with Crippen LogP contribution in [0.2, 0.25) is 0 Å². The van der Waals surface area contributed by atoms with Gasteiger partial charge < -0.3 is 9.15 Å². The summed E-state index contributed by atoms with van der Waals surface area (Å²) in [5.41, 5.74) is -3.97. The van der Waals surface area contributed by atoms with E-state index < -0.39 is 35.4 Å². The van der Waals surface area contributed by atoms with Crippen molar-refractivity contribution < 1.29 is 35.5 Å². The Hall–Kier alpha value is -3.14. The predicted octanol–water partition coefficient (Wildman–Crippen LogP) is 5.41. The van der Waals surface area contributed by atoms with E-state index in [0.29, 0.717) is 6.07 Å². The highest BCUT2D eigenvalue weighted by Gasteiger charge is 2.78. The second-order valence-electron chi connectivity index (χ2n) is 5.53. The van der Waals surface area contributed by atoms with Gasteiger partial charge in [-0.2, -0.15) is 36.9 Å². The minimum absolute atomic E-state index is 0.114. The number of rotatable bonds is 4. The fraction of sp³-hybridized carbons (Fsp3) is 0.294. The molecule has 0 atom stereocenters. The van der Waals surface area contributed by atoms with E-state index in [4.69, 9.17) is 15.3 Å². The normalized spacial score (nSPS) is 12.5. The third-order valence-electron chi connectivity index (χ3n) is 3.79. The summed E-state index contributed by atoms with van der Waals surface area (Å²) < 4.78 is 91.0. The van der Waals surface area contributed by atoms with Gasteiger partial charge in [-0.15, -0.1) is 0 Å².